The second-order valence-corrected chi connectivity index (χ2v) is 6.29. The number of aromatic nitrogens is 5. The summed E-state index contributed by atoms with van der Waals surface area (Å²) in [5.41, 5.74) is 6.80. The van der Waals surface area contributed by atoms with Crippen molar-refractivity contribution in [3.63, 3.8) is 0 Å². The van der Waals surface area contributed by atoms with E-state index in [-0.39, 0.29) is 0 Å². The smallest absolute Gasteiger partial charge is 0.257 e. The standard InChI is InChI=1S/C20H14N5/c1-2-6-14(7-3-1)24-18-12-15-8-4-11-22-25(15)20(18)23-13-17-16(19(23)24)9-5-10-21-17/h1-12H,13H2/q+1. The van der Waals surface area contributed by atoms with Gasteiger partial charge < -0.3 is 0 Å². The van der Waals surface area contributed by atoms with Crippen LogP contribution in [0.5, 0.6) is 0 Å². The SMILES string of the molecule is c1ccc(-n2c3[n+](c4c2cc2cccnn24)Cc2ncccc2-3)cc1. The molecule has 0 fully saturated rings. The van der Waals surface area contributed by atoms with Gasteiger partial charge in [-0.3, -0.25) is 4.98 Å². The maximum absolute atomic E-state index is 4.59. The van der Waals surface area contributed by atoms with Crippen molar-refractivity contribution in [1.82, 2.24) is 19.2 Å². The second-order valence-electron chi connectivity index (χ2n) is 6.29. The number of nitrogens with zero attached hydrogens (tertiary/aromatic N) is 5. The minimum atomic E-state index is 0.768. The Bertz CT molecular complexity index is 1260. The highest BCUT2D eigenvalue weighted by Crippen LogP contribution is 2.33. The molecule has 0 radical (unpaired) electrons. The minimum absolute atomic E-state index is 0.768. The van der Waals surface area contributed by atoms with Crippen molar-refractivity contribution in [3.8, 4) is 17.1 Å². The Kier molecular flexibility index (Phi) is 2.34. The van der Waals surface area contributed by atoms with Crippen LogP contribution in [0.15, 0.2) is 73.1 Å². The lowest BCUT2D eigenvalue weighted by molar-refractivity contribution is -0.648. The van der Waals surface area contributed by atoms with Crippen LogP contribution in [0.3, 0.4) is 0 Å². The molecule has 0 saturated carbocycles. The Hall–Kier alpha value is -3.47. The molecule has 0 spiro atoms. The Morgan fingerprint density at radius 3 is 2.72 bits per heavy atom. The van der Waals surface area contributed by atoms with Crippen molar-refractivity contribution in [2.75, 3.05) is 0 Å². The number of hydrogen-bond acceptors (Lipinski definition) is 2. The summed E-state index contributed by atoms with van der Waals surface area (Å²) < 4.78 is 6.65. The third kappa shape index (κ3) is 1.59. The predicted octanol–water partition coefficient (Wildman–Crippen LogP) is 2.99. The number of para-hydroxylation sites is 1. The molecule has 0 unspecified atom stereocenters. The molecule has 25 heavy (non-hydrogen) atoms. The molecule has 5 nitrogen and oxygen atoms in total. The van der Waals surface area contributed by atoms with Crippen LogP contribution in [0.25, 0.3) is 33.8 Å². The van der Waals surface area contributed by atoms with Gasteiger partial charge in [0.2, 0.25) is 5.82 Å². The molecule has 1 aliphatic rings. The molecular formula is C20H14N5+. The third-order valence-corrected chi connectivity index (χ3v) is 4.91. The summed E-state index contributed by atoms with van der Waals surface area (Å²) >= 11 is 0. The molecule has 0 amide bonds. The highest BCUT2D eigenvalue weighted by atomic mass is 15.3. The van der Waals surface area contributed by atoms with Gasteiger partial charge in [-0.2, -0.15) is 0 Å². The van der Waals surface area contributed by atoms with Gasteiger partial charge in [0.25, 0.3) is 5.65 Å². The lowest BCUT2D eigenvalue weighted by Crippen LogP contribution is -2.33. The lowest BCUT2D eigenvalue weighted by Gasteiger charge is -2.03. The number of hydrogen-bond donors (Lipinski definition) is 0. The first kappa shape index (κ1) is 12.9. The topological polar surface area (TPSA) is 39.0 Å². The molecular weight excluding hydrogens is 310 g/mol. The molecule has 5 heteroatoms. The summed E-state index contributed by atoms with van der Waals surface area (Å²) in [7, 11) is 0. The molecule has 0 atom stereocenters. The van der Waals surface area contributed by atoms with Crippen LogP contribution in [-0.2, 0) is 6.54 Å². The monoisotopic (exact) mass is 324 g/mol. The Labute approximate surface area is 143 Å². The number of fused-ring (bicyclic) bond motifs is 7. The van der Waals surface area contributed by atoms with Gasteiger partial charge >= 0.3 is 0 Å². The number of benzene rings is 1. The summed E-state index contributed by atoms with van der Waals surface area (Å²) in [6.45, 7) is 0.768. The molecule has 5 aromatic rings. The second kappa shape index (κ2) is 4.54. The van der Waals surface area contributed by atoms with E-state index in [0.29, 0.717) is 0 Å². The maximum Gasteiger partial charge on any atom is 0.293 e. The quantitative estimate of drug-likeness (QED) is 0.436. The average Bonchev–Trinajstić information content (AvgIpc) is 3.29. The van der Waals surface area contributed by atoms with E-state index >= 15 is 0 Å². The fraction of sp³-hybridized carbons (Fsp3) is 0.0500. The zero-order valence-electron chi connectivity index (χ0n) is 13.4. The Morgan fingerprint density at radius 1 is 0.920 bits per heavy atom. The van der Waals surface area contributed by atoms with Crippen LogP contribution in [0.4, 0.5) is 0 Å². The number of rotatable bonds is 1. The van der Waals surface area contributed by atoms with Gasteiger partial charge in [-0.25, -0.2) is 9.13 Å². The van der Waals surface area contributed by atoms with Crippen molar-refractivity contribution in [3.05, 3.63) is 78.8 Å². The molecule has 1 aromatic carbocycles. The fourth-order valence-corrected chi connectivity index (χ4v) is 3.91. The molecule has 6 rings (SSSR count). The van der Waals surface area contributed by atoms with E-state index in [4.69, 9.17) is 0 Å². The molecule has 0 aliphatic carbocycles. The van der Waals surface area contributed by atoms with Crippen LogP contribution >= 0.6 is 0 Å². The first-order valence-corrected chi connectivity index (χ1v) is 8.32. The van der Waals surface area contributed by atoms with Crippen molar-refractivity contribution < 1.29 is 4.57 Å². The van der Waals surface area contributed by atoms with Crippen LogP contribution in [0, 0.1) is 0 Å². The van der Waals surface area contributed by atoms with Crippen LogP contribution in [0.2, 0.25) is 0 Å². The molecule has 5 heterocycles. The highest BCUT2D eigenvalue weighted by molar-refractivity contribution is 5.84. The molecule has 0 bridgehead atoms. The summed E-state index contributed by atoms with van der Waals surface area (Å²) in [5, 5.41) is 4.58. The molecule has 0 saturated heterocycles. The van der Waals surface area contributed by atoms with E-state index in [0.717, 1.165) is 34.6 Å². The van der Waals surface area contributed by atoms with Gasteiger partial charge in [0.1, 0.15) is 17.7 Å². The van der Waals surface area contributed by atoms with Gasteiger partial charge in [-0.15, -0.1) is 9.61 Å². The van der Waals surface area contributed by atoms with Crippen molar-refractivity contribution >= 4 is 16.7 Å². The van der Waals surface area contributed by atoms with E-state index < -0.39 is 0 Å². The van der Waals surface area contributed by atoms with E-state index in [1.165, 1.54) is 11.4 Å². The molecule has 4 aromatic heterocycles. The largest absolute Gasteiger partial charge is 0.293 e. The zero-order chi connectivity index (χ0) is 16.4. The van der Waals surface area contributed by atoms with Gasteiger partial charge in [-0.1, -0.05) is 18.2 Å². The zero-order valence-corrected chi connectivity index (χ0v) is 13.4. The van der Waals surface area contributed by atoms with Gasteiger partial charge in [0, 0.05) is 12.3 Å². The van der Waals surface area contributed by atoms with Crippen LogP contribution < -0.4 is 4.57 Å². The number of imidazole rings is 1. The van der Waals surface area contributed by atoms with Crippen LogP contribution in [-0.4, -0.2) is 19.2 Å². The lowest BCUT2D eigenvalue weighted by atomic mass is 10.2. The molecule has 118 valence electrons. The summed E-state index contributed by atoms with van der Waals surface area (Å²) in [6, 6.07) is 20.9. The van der Waals surface area contributed by atoms with Gasteiger partial charge in [0.05, 0.1) is 17.5 Å². The number of pyridine rings is 1. The summed E-state index contributed by atoms with van der Waals surface area (Å²) in [5.74, 6) is 1.17. The van der Waals surface area contributed by atoms with Gasteiger partial charge in [0.15, 0.2) is 5.52 Å². The Morgan fingerprint density at radius 2 is 1.80 bits per heavy atom. The Balaban J connectivity index is 1.83. The summed E-state index contributed by atoms with van der Waals surface area (Å²) in [6.07, 6.45) is 3.70. The fourth-order valence-electron chi connectivity index (χ4n) is 3.91. The minimum Gasteiger partial charge on any atom is -0.257 e. The normalized spacial score (nSPS) is 12.6. The maximum atomic E-state index is 4.59. The first-order chi connectivity index (χ1) is 12.4. The summed E-state index contributed by atoms with van der Waals surface area (Å²) in [4.78, 5) is 4.59. The van der Waals surface area contributed by atoms with Crippen LogP contribution in [0.1, 0.15) is 5.69 Å². The molecule has 0 N–H and O–H groups in total. The van der Waals surface area contributed by atoms with E-state index in [1.807, 2.05) is 35.1 Å². The first-order valence-electron chi connectivity index (χ1n) is 8.32. The predicted molar refractivity (Wildman–Crippen MR) is 94.6 cm³/mol. The van der Waals surface area contributed by atoms with Crippen molar-refractivity contribution in [2.24, 2.45) is 0 Å². The van der Waals surface area contributed by atoms with Gasteiger partial charge in [-0.05, 0) is 36.4 Å². The van der Waals surface area contributed by atoms with Crippen molar-refractivity contribution in [1.29, 1.82) is 0 Å². The average molecular weight is 324 g/mol. The van der Waals surface area contributed by atoms with Crippen molar-refractivity contribution in [2.45, 2.75) is 6.54 Å². The van der Waals surface area contributed by atoms with E-state index in [2.05, 4.69) is 61.7 Å². The third-order valence-electron chi connectivity index (χ3n) is 4.91. The highest BCUT2D eigenvalue weighted by Gasteiger charge is 2.36. The van der Waals surface area contributed by atoms with E-state index in [9.17, 15) is 0 Å². The molecule has 1 aliphatic heterocycles. The van der Waals surface area contributed by atoms with E-state index in [1.54, 1.807) is 0 Å².